The lowest BCUT2D eigenvalue weighted by molar-refractivity contribution is -0.135. The fourth-order valence-corrected chi connectivity index (χ4v) is 1.03. The van der Waals surface area contributed by atoms with Gasteiger partial charge in [0.15, 0.2) is 11.5 Å². The maximum absolute atomic E-state index is 10.8. The van der Waals surface area contributed by atoms with Crippen molar-refractivity contribution in [3.63, 3.8) is 0 Å². The zero-order chi connectivity index (χ0) is 13.5. The Morgan fingerprint density at radius 3 is 2.39 bits per heavy atom. The van der Waals surface area contributed by atoms with Crippen LogP contribution in [0.25, 0.3) is 0 Å². The summed E-state index contributed by atoms with van der Waals surface area (Å²) in [6, 6.07) is 5.83. The number of carboxylic acids is 2. The number of para-hydroxylation sites is 2. The highest BCUT2D eigenvalue weighted by atomic mass is 16.5. The summed E-state index contributed by atoms with van der Waals surface area (Å²) in [4.78, 5) is 21.1. The van der Waals surface area contributed by atoms with E-state index < -0.39 is 17.7 Å². The van der Waals surface area contributed by atoms with E-state index in [9.17, 15) is 14.7 Å². The lowest BCUT2D eigenvalue weighted by Crippen LogP contribution is -2.07. The number of allylic oxidation sites excluding steroid dienone is 2. The van der Waals surface area contributed by atoms with Crippen LogP contribution in [0.4, 0.5) is 0 Å². The van der Waals surface area contributed by atoms with Gasteiger partial charge in [-0.15, -0.1) is 0 Å². The highest BCUT2D eigenvalue weighted by molar-refractivity contribution is 5.86. The van der Waals surface area contributed by atoms with Gasteiger partial charge in [-0.2, -0.15) is 0 Å². The smallest absolute Gasteiger partial charge is 0.371 e. The zero-order valence-electron chi connectivity index (χ0n) is 9.11. The van der Waals surface area contributed by atoms with Crippen molar-refractivity contribution in [2.75, 3.05) is 0 Å². The van der Waals surface area contributed by atoms with E-state index in [2.05, 4.69) is 0 Å². The molecule has 1 aromatic rings. The first-order valence-corrected chi connectivity index (χ1v) is 4.81. The molecule has 6 nitrogen and oxygen atoms in total. The Morgan fingerprint density at radius 1 is 1.17 bits per heavy atom. The molecule has 0 bridgehead atoms. The molecule has 0 saturated carbocycles. The van der Waals surface area contributed by atoms with E-state index in [4.69, 9.17) is 14.9 Å². The summed E-state index contributed by atoms with van der Waals surface area (Å²) < 4.78 is 4.96. The minimum absolute atomic E-state index is 0.0325. The summed E-state index contributed by atoms with van der Waals surface area (Å²) in [5, 5.41) is 26.6. The van der Waals surface area contributed by atoms with E-state index in [-0.39, 0.29) is 11.5 Å². The SMILES string of the molecule is O=C(O)C=CC=C(Oc1ccccc1O)C(=O)O. The topological polar surface area (TPSA) is 104 Å². The van der Waals surface area contributed by atoms with Crippen LogP contribution in [0.1, 0.15) is 0 Å². The highest BCUT2D eigenvalue weighted by Crippen LogP contribution is 2.26. The molecule has 0 heterocycles. The standard InChI is InChI=1S/C12H10O6/c13-8-4-1-2-5-9(8)18-10(12(16)17)6-3-7-11(14)15/h1-7,13H,(H,14,15)(H,16,17). The van der Waals surface area contributed by atoms with Gasteiger partial charge in [-0.1, -0.05) is 18.2 Å². The summed E-state index contributed by atoms with van der Waals surface area (Å²) in [5.41, 5.74) is 0. The molecule has 0 atom stereocenters. The third-order valence-corrected chi connectivity index (χ3v) is 1.78. The summed E-state index contributed by atoms with van der Waals surface area (Å²) in [6.45, 7) is 0. The summed E-state index contributed by atoms with van der Waals surface area (Å²) in [6.07, 6.45) is 2.76. The molecule has 0 unspecified atom stereocenters. The highest BCUT2D eigenvalue weighted by Gasteiger charge is 2.11. The first-order valence-electron chi connectivity index (χ1n) is 4.81. The van der Waals surface area contributed by atoms with Crippen molar-refractivity contribution in [1.29, 1.82) is 0 Å². The Labute approximate surface area is 102 Å². The minimum atomic E-state index is -1.38. The minimum Gasteiger partial charge on any atom is -0.504 e. The largest absolute Gasteiger partial charge is 0.504 e. The van der Waals surface area contributed by atoms with E-state index in [1.54, 1.807) is 12.1 Å². The van der Waals surface area contributed by atoms with Crippen molar-refractivity contribution in [3.05, 3.63) is 48.3 Å². The van der Waals surface area contributed by atoms with Gasteiger partial charge in [0.2, 0.25) is 5.76 Å². The van der Waals surface area contributed by atoms with Crippen LogP contribution in [-0.4, -0.2) is 27.3 Å². The molecule has 94 valence electrons. The van der Waals surface area contributed by atoms with Gasteiger partial charge < -0.3 is 20.1 Å². The first kappa shape index (κ1) is 13.3. The van der Waals surface area contributed by atoms with Crippen LogP contribution < -0.4 is 4.74 Å². The molecule has 0 aliphatic rings. The van der Waals surface area contributed by atoms with Crippen molar-refractivity contribution < 1.29 is 29.6 Å². The second kappa shape index (κ2) is 6.09. The molecule has 0 aromatic heterocycles. The van der Waals surface area contributed by atoms with Crippen LogP contribution in [0.2, 0.25) is 0 Å². The fraction of sp³-hybridized carbons (Fsp3) is 0. The normalized spacial score (nSPS) is 11.4. The van der Waals surface area contributed by atoms with Crippen LogP contribution in [0, 0.1) is 0 Å². The van der Waals surface area contributed by atoms with E-state index in [1.807, 2.05) is 0 Å². The molecule has 3 N–H and O–H groups in total. The number of hydrogen-bond acceptors (Lipinski definition) is 4. The average molecular weight is 250 g/mol. The van der Waals surface area contributed by atoms with Crippen molar-refractivity contribution in [2.24, 2.45) is 0 Å². The van der Waals surface area contributed by atoms with Crippen LogP contribution in [0.15, 0.2) is 48.3 Å². The summed E-state index contributed by atoms with van der Waals surface area (Å²) in [5.74, 6) is -3.34. The van der Waals surface area contributed by atoms with Gasteiger partial charge in [0.25, 0.3) is 0 Å². The molecular formula is C12H10O6. The molecule has 18 heavy (non-hydrogen) atoms. The zero-order valence-corrected chi connectivity index (χ0v) is 9.11. The number of aromatic hydroxyl groups is 1. The monoisotopic (exact) mass is 250 g/mol. The molecule has 0 fully saturated rings. The Morgan fingerprint density at radius 2 is 1.83 bits per heavy atom. The maximum atomic E-state index is 10.8. The van der Waals surface area contributed by atoms with E-state index in [0.29, 0.717) is 0 Å². The molecule has 0 amide bonds. The first-order chi connectivity index (χ1) is 8.50. The fourth-order valence-electron chi connectivity index (χ4n) is 1.03. The number of phenolic OH excluding ortho intramolecular Hbond substituents is 1. The third kappa shape index (κ3) is 4.01. The number of phenols is 1. The van der Waals surface area contributed by atoms with E-state index in [1.165, 1.54) is 12.1 Å². The molecule has 1 aromatic carbocycles. The van der Waals surface area contributed by atoms with Crippen molar-refractivity contribution >= 4 is 11.9 Å². The molecule has 0 aliphatic carbocycles. The number of rotatable bonds is 5. The van der Waals surface area contributed by atoms with Crippen LogP contribution in [0.3, 0.4) is 0 Å². The van der Waals surface area contributed by atoms with E-state index in [0.717, 1.165) is 18.2 Å². The molecule has 1 rings (SSSR count). The van der Waals surface area contributed by atoms with Gasteiger partial charge in [-0.25, -0.2) is 9.59 Å². The quantitative estimate of drug-likeness (QED) is 0.414. The lowest BCUT2D eigenvalue weighted by Gasteiger charge is -2.06. The van der Waals surface area contributed by atoms with Crippen LogP contribution in [-0.2, 0) is 9.59 Å². The number of benzene rings is 1. The Hall–Kier alpha value is -2.76. The predicted molar refractivity (Wildman–Crippen MR) is 61.2 cm³/mol. The Kier molecular flexibility index (Phi) is 4.50. The number of aliphatic carboxylic acids is 2. The average Bonchev–Trinajstić information content (AvgIpc) is 2.29. The van der Waals surface area contributed by atoms with Crippen LogP contribution >= 0.6 is 0 Å². The molecular weight excluding hydrogens is 240 g/mol. The van der Waals surface area contributed by atoms with Crippen molar-refractivity contribution in [1.82, 2.24) is 0 Å². The van der Waals surface area contributed by atoms with Gasteiger partial charge >= 0.3 is 11.9 Å². The summed E-state index contributed by atoms with van der Waals surface area (Å²) in [7, 11) is 0. The molecule has 0 radical (unpaired) electrons. The second-order valence-corrected chi connectivity index (χ2v) is 3.10. The molecule has 6 heteroatoms. The Bertz CT molecular complexity index is 515. The predicted octanol–water partition coefficient (Wildman–Crippen LogP) is 1.38. The Balaban J connectivity index is 2.91. The van der Waals surface area contributed by atoms with E-state index >= 15 is 0 Å². The molecule has 0 saturated heterocycles. The number of ether oxygens (including phenoxy) is 1. The maximum Gasteiger partial charge on any atom is 0.371 e. The van der Waals surface area contributed by atoms with Crippen LogP contribution in [0.5, 0.6) is 11.5 Å². The van der Waals surface area contributed by atoms with Crippen molar-refractivity contribution in [3.8, 4) is 11.5 Å². The van der Waals surface area contributed by atoms with Gasteiger partial charge in [0, 0.05) is 6.08 Å². The number of carbonyl (C=O) groups is 2. The second-order valence-electron chi connectivity index (χ2n) is 3.10. The summed E-state index contributed by atoms with van der Waals surface area (Å²) >= 11 is 0. The number of hydrogen-bond donors (Lipinski definition) is 3. The van der Waals surface area contributed by atoms with Gasteiger partial charge in [0.05, 0.1) is 0 Å². The third-order valence-electron chi connectivity index (χ3n) is 1.78. The van der Waals surface area contributed by atoms with Gasteiger partial charge in [-0.05, 0) is 18.2 Å². The lowest BCUT2D eigenvalue weighted by atomic mass is 10.3. The van der Waals surface area contributed by atoms with Crippen molar-refractivity contribution in [2.45, 2.75) is 0 Å². The molecule has 0 aliphatic heterocycles. The van der Waals surface area contributed by atoms with Gasteiger partial charge in [-0.3, -0.25) is 0 Å². The number of carboxylic acid groups (broad SMARTS) is 2. The van der Waals surface area contributed by atoms with Gasteiger partial charge in [0.1, 0.15) is 0 Å². The molecule has 0 spiro atoms.